The van der Waals surface area contributed by atoms with Crippen molar-refractivity contribution < 1.29 is 60.3 Å². The average Bonchev–Trinajstić information content (AvgIpc) is 1.14. The van der Waals surface area contributed by atoms with Gasteiger partial charge in [0, 0.05) is 132 Å². The number of nitrogens with zero attached hydrogens (tertiary/aromatic N) is 9. The van der Waals surface area contributed by atoms with Crippen molar-refractivity contribution in [1.29, 1.82) is 0 Å². The van der Waals surface area contributed by atoms with Crippen LogP contribution in [0.5, 0.6) is 0 Å². The third-order valence-electron chi connectivity index (χ3n) is 21.9. The normalized spacial score (nSPS) is 13.7. The molecule has 0 bridgehead atoms. The van der Waals surface area contributed by atoms with Crippen LogP contribution in [0, 0.1) is 32.0 Å². The van der Waals surface area contributed by atoms with Crippen molar-refractivity contribution in [2.75, 3.05) is 0 Å². The van der Waals surface area contributed by atoms with Crippen LogP contribution in [0.15, 0.2) is 355 Å². The van der Waals surface area contributed by atoms with Crippen LogP contribution in [0.2, 0.25) is 58.9 Å². The Morgan fingerprint density at radius 2 is 0.579 bits per heavy atom. The number of fused-ring (bicyclic) bond motifs is 6. The molecule has 0 saturated heterocycles. The minimum absolute atomic E-state index is 0. The Balaban J connectivity index is 0.000000137. The Hall–Kier alpha value is -11.3. The second kappa shape index (κ2) is 41.9. The third-order valence-corrected chi connectivity index (χ3v) is 28.2. The Morgan fingerprint density at radius 1 is 0.270 bits per heavy atom. The van der Waals surface area contributed by atoms with Crippen LogP contribution in [0.1, 0.15) is 72.7 Å². The summed E-state index contributed by atoms with van der Waals surface area (Å²) in [4.78, 5) is 41.6. The predicted molar refractivity (Wildman–Crippen MR) is 519 cm³/mol. The molecule has 0 fully saturated rings. The van der Waals surface area contributed by atoms with Gasteiger partial charge in [-0.15, -0.1) is 125 Å². The molecule has 9 nitrogen and oxygen atoms in total. The molecule has 0 aliphatic carbocycles. The molecule has 0 saturated carbocycles. The van der Waals surface area contributed by atoms with E-state index in [9.17, 15) is 0 Å². The molecular formula is C111H101Ir3N9Si3-6. The molecule has 126 heavy (non-hydrogen) atoms. The smallest absolute Gasteiger partial charge is 0.0799 e. The number of aromatic nitrogens is 6. The summed E-state index contributed by atoms with van der Waals surface area (Å²) in [6, 6.07) is 113. The van der Waals surface area contributed by atoms with Gasteiger partial charge in [-0.3, -0.25) is 15.0 Å². The Morgan fingerprint density at radius 3 is 0.913 bits per heavy atom. The van der Waals surface area contributed by atoms with Gasteiger partial charge in [-0.1, -0.05) is 279 Å². The van der Waals surface area contributed by atoms with Crippen LogP contribution >= 0.6 is 0 Å². The van der Waals surface area contributed by atoms with Crippen LogP contribution in [0.4, 0.5) is 0 Å². The van der Waals surface area contributed by atoms with Gasteiger partial charge in [0.25, 0.3) is 0 Å². The first-order valence-corrected chi connectivity index (χ1v) is 52.6. The minimum Gasteiger partial charge on any atom is -0.348 e. The van der Waals surface area contributed by atoms with Crippen LogP contribution in [0.25, 0.3) is 107 Å². The quantitative estimate of drug-likeness (QED) is 0.0941. The fraction of sp³-hybridized carbons (Fsp3) is 0.162. The largest absolute Gasteiger partial charge is 0.348 e. The monoisotopic (exact) mass is 2220 g/mol. The fourth-order valence-electron chi connectivity index (χ4n) is 15.5. The van der Waals surface area contributed by atoms with Crippen molar-refractivity contribution in [3.05, 3.63) is 424 Å². The zero-order valence-electron chi connectivity index (χ0n) is 73.6. The molecule has 3 atom stereocenters. The SMILES string of the molecule is CC(C)(C)c1cc(-c2[c-]ccc(-c3ccccc3)c2)ncc1[Si](C)(C)C.Cc1cc(-c2[c-]ccc(-c3ccccc3)c2)ncc1[Si](C)(C)C.Cc1cc(-c2[c-]cccc2)ncc1[Si](C)(C)C.[C-]1=c2ccccc2=NC1c1cc2ccccc2cn1.[C-]1=c2ccccc2=NC1c1cc2ccccc2cn1.[C-]1=c2ccccc2=NC1c1cc2ccccc2cn1.[Ir].[Ir].[Ir]. The molecule has 15 heteroatoms. The molecule has 0 N–H and O–H groups in total. The van der Waals surface area contributed by atoms with E-state index in [1.54, 1.807) is 0 Å². The summed E-state index contributed by atoms with van der Waals surface area (Å²) < 4.78 is 0. The number of rotatable bonds is 11. The van der Waals surface area contributed by atoms with E-state index >= 15 is 0 Å². The predicted octanol–water partition coefficient (Wildman–Crippen LogP) is 21.3. The zero-order chi connectivity index (χ0) is 85.8. The van der Waals surface area contributed by atoms with Gasteiger partial charge in [-0.05, 0) is 119 Å². The Kier molecular flexibility index (Phi) is 31.2. The molecule has 9 heterocycles. The van der Waals surface area contributed by atoms with E-state index in [4.69, 9.17) is 9.97 Å². The minimum atomic E-state index is -1.45. The summed E-state index contributed by atoms with van der Waals surface area (Å²) in [7, 11) is -4.06. The Labute approximate surface area is 785 Å². The first-order chi connectivity index (χ1) is 59.3. The van der Waals surface area contributed by atoms with Crippen LogP contribution in [-0.4, -0.2) is 54.1 Å². The molecule has 3 unspecified atom stereocenters. The summed E-state index contributed by atoms with van der Waals surface area (Å²) in [5.74, 6) is 0. The van der Waals surface area contributed by atoms with E-state index < -0.39 is 24.2 Å². The molecule has 17 aromatic rings. The van der Waals surface area contributed by atoms with Gasteiger partial charge in [0.2, 0.25) is 0 Å². The van der Waals surface area contributed by atoms with Gasteiger partial charge in [0.1, 0.15) is 0 Å². The van der Waals surface area contributed by atoms with Crippen molar-refractivity contribution in [3.8, 4) is 56.0 Å². The summed E-state index contributed by atoms with van der Waals surface area (Å²) in [6.45, 7) is 32.6. The average molecular weight is 2220 g/mol. The van der Waals surface area contributed by atoms with Gasteiger partial charge in [0.05, 0.1) is 41.3 Å². The second-order valence-corrected chi connectivity index (χ2v) is 50.4. The van der Waals surface area contributed by atoms with Crippen molar-refractivity contribution in [2.24, 2.45) is 15.0 Å². The van der Waals surface area contributed by atoms with E-state index in [0.29, 0.717) is 0 Å². The molecule has 3 aliphatic rings. The molecule has 0 amide bonds. The molecule has 11 aromatic carbocycles. The molecular weight excluding hydrogens is 2120 g/mol. The van der Waals surface area contributed by atoms with Crippen molar-refractivity contribution in [1.82, 2.24) is 29.9 Å². The maximum Gasteiger partial charge on any atom is 0.0799 e. The van der Waals surface area contributed by atoms with Gasteiger partial charge in [-0.25, -0.2) is 0 Å². The molecule has 3 radical (unpaired) electrons. The zero-order valence-corrected chi connectivity index (χ0v) is 83.8. The molecule has 3 aliphatic heterocycles. The summed E-state index contributed by atoms with van der Waals surface area (Å²) >= 11 is 0. The number of hydrogen-bond donors (Lipinski definition) is 0. The summed E-state index contributed by atoms with van der Waals surface area (Å²) in [5, 5.41) is 17.6. The van der Waals surface area contributed by atoms with Crippen molar-refractivity contribution in [2.45, 2.75) is 117 Å². The summed E-state index contributed by atoms with van der Waals surface area (Å²) in [6.07, 6.45) is 22.1. The first-order valence-electron chi connectivity index (χ1n) is 42.1. The van der Waals surface area contributed by atoms with Crippen LogP contribution in [0.3, 0.4) is 0 Å². The summed E-state index contributed by atoms with van der Waals surface area (Å²) in [5.41, 5.74) is 18.1. The number of aryl methyl sites for hydroxylation is 2. The van der Waals surface area contributed by atoms with Gasteiger partial charge in [0.15, 0.2) is 0 Å². The number of hydrogen-bond acceptors (Lipinski definition) is 9. The van der Waals surface area contributed by atoms with Gasteiger partial charge < -0.3 is 29.9 Å². The van der Waals surface area contributed by atoms with E-state index in [2.05, 4.69) is 335 Å². The number of pyridine rings is 6. The van der Waals surface area contributed by atoms with Crippen molar-refractivity contribution >= 4 is 90.3 Å². The van der Waals surface area contributed by atoms with E-state index in [1.807, 2.05) is 170 Å². The molecule has 635 valence electrons. The van der Waals surface area contributed by atoms with Crippen LogP contribution < -0.4 is 47.3 Å². The number of benzene rings is 11. The first kappa shape index (κ1) is 93.9. The van der Waals surface area contributed by atoms with E-state index in [-0.39, 0.29) is 83.9 Å². The second-order valence-electron chi connectivity index (χ2n) is 35.3. The maximum absolute atomic E-state index is 4.83. The molecule has 6 aromatic heterocycles. The van der Waals surface area contributed by atoms with E-state index in [0.717, 1.165) is 98.7 Å². The maximum atomic E-state index is 4.83. The molecule has 0 spiro atoms. The van der Waals surface area contributed by atoms with Gasteiger partial charge in [-0.2, -0.15) is 52.1 Å². The fourth-order valence-corrected chi connectivity index (χ4v) is 20.6. The van der Waals surface area contributed by atoms with Crippen LogP contribution in [-0.2, 0) is 65.7 Å². The van der Waals surface area contributed by atoms with E-state index in [1.165, 1.54) is 70.7 Å². The Bertz CT molecular complexity index is 6610. The standard InChI is InChI=1S/C24H28NSi.C21H22NSi.3C17H11N2.C15H18NSi.3Ir/c1-24(2,3)21-16-22(25-17-23(21)26(4,5)6)20-14-10-13-19(15-20)18-11-8-7-9-12-18;1-16-13-20(22-15-21(16)23(2,3)4)19-12-8-11-18(14-19)17-9-6-5-7-10-17;3*1-2-7-14-11-18-16(9-12(14)5-1)17-10-13-6-3-4-8-15(13)19-17;1-12-10-14(13-8-6-5-7-9-13)16-11-15(12)17(2,3)4;;;/h7-13,15-17H,1-6H3;5-11,13-15H,1-4H3;3*1-9,11,17H;5-8,10-11H,1-4H3;;;/q6*-1;;;. The third kappa shape index (κ3) is 23.5. The van der Waals surface area contributed by atoms with Crippen molar-refractivity contribution in [3.63, 3.8) is 0 Å². The number of para-hydroxylation sites is 3. The van der Waals surface area contributed by atoms with Gasteiger partial charge >= 0.3 is 0 Å². The molecule has 20 rings (SSSR count). The topological polar surface area (TPSA) is 114 Å².